The minimum atomic E-state index is 0. The van der Waals surface area contributed by atoms with Crippen molar-refractivity contribution in [1.82, 2.24) is 39.3 Å². The van der Waals surface area contributed by atoms with E-state index in [9.17, 15) is 4.79 Å². The maximum atomic E-state index is 10.6. The van der Waals surface area contributed by atoms with Crippen LogP contribution in [0.1, 0.15) is 52.6 Å². The molecule has 5 N–H and O–H groups in total. The largest absolute Gasteiger partial charge is 0.383 e. The number of aldehydes is 1. The van der Waals surface area contributed by atoms with Crippen LogP contribution >= 0.6 is 57.6 Å². The number of nitrogens with two attached hydrogens (primary N) is 2. The lowest BCUT2D eigenvalue weighted by molar-refractivity contribution is -0.114. The van der Waals surface area contributed by atoms with Crippen LogP contribution in [0.3, 0.4) is 0 Å². The number of nitrogen functional groups attached to an aromatic ring is 2. The van der Waals surface area contributed by atoms with Crippen molar-refractivity contribution in [3.05, 3.63) is 32.2 Å². The molecule has 0 radical (unpaired) electrons. The van der Waals surface area contributed by atoms with Gasteiger partial charge in [0, 0.05) is 44.1 Å². The Morgan fingerprint density at radius 1 is 0.881 bits per heavy atom. The highest BCUT2D eigenvalue weighted by atomic mass is 127. The van der Waals surface area contributed by atoms with Crippen LogP contribution in [0.25, 0.3) is 22.1 Å². The predicted molar refractivity (Wildman–Crippen MR) is 193 cm³/mol. The van der Waals surface area contributed by atoms with Gasteiger partial charge in [0.15, 0.2) is 0 Å². The third-order valence-corrected chi connectivity index (χ3v) is 8.78. The first-order chi connectivity index (χ1) is 18.7. The molecule has 4 aromatic rings. The molecule has 0 aliphatic heterocycles. The average molecular weight is 827 g/mol. The molecule has 0 saturated heterocycles. The molecule has 6 rings (SSSR count). The molecule has 0 aromatic carbocycles. The molecule has 234 valence electrons. The van der Waals surface area contributed by atoms with E-state index in [4.69, 9.17) is 11.5 Å². The first-order valence-corrected chi connectivity index (χ1v) is 15.1. The molecule has 4 aromatic heterocycles. The summed E-state index contributed by atoms with van der Waals surface area (Å²) in [7, 11) is 8.02. The van der Waals surface area contributed by atoms with E-state index in [1.807, 2.05) is 20.3 Å². The van der Waals surface area contributed by atoms with Gasteiger partial charge in [-0.05, 0) is 105 Å². The normalized spacial score (nSPS) is 20.4. The zero-order valence-electron chi connectivity index (χ0n) is 23.1. The lowest BCUT2D eigenvalue weighted by atomic mass is 9.80. The molecule has 11 nitrogen and oxygen atoms in total. The van der Waals surface area contributed by atoms with E-state index in [1.54, 1.807) is 6.33 Å². The summed E-state index contributed by atoms with van der Waals surface area (Å²) >= 11 is 4.56. The monoisotopic (exact) mass is 826 g/mol. The number of hydrogen-bond donors (Lipinski definition) is 3. The van der Waals surface area contributed by atoms with Crippen molar-refractivity contribution >= 4 is 97.6 Å². The van der Waals surface area contributed by atoms with Crippen LogP contribution in [0.5, 0.6) is 0 Å². The summed E-state index contributed by atoms with van der Waals surface area (Å²) in [6.45, 7) is 1.17. The van der Waals surface area contributed by atoms with E-state index < -0.39 is 0 Å². The van der Waals surface area contributed by atoms with Gasteiger partial charge in [0.25, 0.3) is 0 Å². The smallest absolute Gasteiger partial charge is 0.146 e. The molecule has 2 saturated carbocycles. The third-order valence-electron chi connectivity index (χ3n) is 7.15. The Kier molecular flexibility index (Phi) is 15.3. The Morgan fingerprint density at radius 3 is 1.67 bits per heavy atom. The van der Waals surface area contributed by atoms with E-state index in [0.29, 0.717) is 23.7 Å². The topological polar surface area (TPSA) is 146 Å². The third kappa shape index (κ3) is 8.21. The number of hydrogen-bond acceptors (Lipinski definition) is 9. The van der Waals surface area contributed by atoms with Gasteiger partial charge >= 0.3 is 0 Å². The number of nitrogens with zero attached hydrogens (tertiary/aromatic N) is 7. The number of anilines is 2. The van der Waals surface area contributed by atoms with Gasteiger partial charge in [-0.3, -0.25) is 0 Å². The number of rotatable bonds is 5. The molecule has 0 bridgehead atoms. The number of carbonyl (C=O) groups excluding carboxylic acids is 1. The van der Waals surface area contributed by atoms with Gasteiger partial charge in [0.05, 0.1) is 10.8 Å². The number of nitrogens with one attached hydrogen (secondary N) is 1. The van der Waals surface area contributed by atoms with Crippen molar-refractivity contribution in [1.29, 1.82) is 0 Å². The Labute approximate surface area is 282 Å². The lowest BCUT2D eigenvalue weighted by Crippen LogP contribution is -2.33. The summed E-state index contributed by atoms with van der Waals surface area (Å²) in [5.41, 5.74) is 13.7. The maximum Gasteiger partial charge on any atom is 0.146 e. The molecular formula is C28H45ClI2N10O. The van der Waals surface area contributed by atoms with E-state index in [2.05, 4.69) is 105 Å². The summed E-state index contributed by atoms with van der Waals surface area (Å²) in [4.78, 5) is 29.7. The Morgan fingerprint density at radius 2 is 1.29 bits per heavy atom. The fourth-order valence-electron chi connectivity index (χ4n) is 5.24. The molecule has 14 heteroatoms. The average Bonchev–Trinajstić information content (AvgIpc) is 3.34. The van der Waals surface area contributed by atoms with Crippen molar-refractivity contribution in [2.24, 2.45) is 11.8 Å². The highest BCUT2D eigenvalue weighted by molar-refractivity contribution is 14.1. The summed E-state index contributed by atoms with van der Waals surface area (Å²) < 4.78 is 6.60. The Bertz CT molecular complexity index is 1430. The van der Waals surface area contributed by atoms with Gasteiger partial charge in [-0.15, -0.1) is 12.4 Å². The molecule has 2 aliphatic rings. The second-order valence-corrected chi connectivity index (χ2v) is 12.8. The number of carbonyl (C=O) groups is 1. The van der Waals surface area contributed by atoms with Crippen molar-refractivity contribution in [2.75, 3.05) is 46.2 Å². The van der Waals surface area contributed by atoms with Crippen molar-refractivity contribution in [3.8, 4) is 0 Å². The van der Waals surface area contributed by atoms with E-state index in [-0.39, 0.29) is 33.2 Å². The lowest BCUT2D eigenvalue weighted by Gasteiger charge is -2.38. The summed E-state index contributed by atoms with van der Waals surface area (Å²) in [6, 6.07) is 0.927. The minimum absolute atomic E-state index is 0. The zero-order valence-corrected chi connectivity index (χ0v) is 28.2. The van der Waals surface area contributed by atoms with Crippen LogP contribution in [0.2, 0.25) is 0 Å². The van der Waals surface area contributed by atoms with Crippen LogP contribution in [0.4, 0.5) is 11.6 Å². The SMILES string of the molecule is C.C.CN(C)CC1CC(n2cc(I)c3c(N)ncnc32)C1.CNC.Cl.Nc1ncnc2c1c(I)cn2C1CC(C=O)C1. The van der Waals surface area contributed by atoms with E-state index in [1.165, 1.54) is 25.7 Å². The van der Waals surface area contributed by atoms with Crippen molar-refractivity contribution in [3.63, 3.8) is 0 Å². The quantitative estimate of drug-likeness (QED) is 0.177. The van der Waals surface area contributed by atoms with Gasteiger partial charge in [0.1, 0.15) is 41.9 Å². The second-order valence-electron chi connectivity index (χ2n) is 10.5. The van der Waals surface area contributed by atoms with Crippen molar-refractivity contribution < 1.29 is 4.79 Å². The van der Waals surface area contributed by atoms with Crippen LogP contribution < -0.4 is 16.8 Å². The van der Waals surface area contributed by atoms with E-state index in [0.717, 1.165) is 54.3 Å². The predicted octanol–water partition coefficient (Wildman–Crippen LogP) is 5.43. The number of fused-ring (bicyclic) bond motifs is 2. The molecule has 42 heavy (non-hydrogen) atoms. The van der Waals surface area contributed by atoms with Gasteiger partial charge in [-0.25, -0.2) is 19.9 Å². The molecule has 4 heterocycles. The van der Waals surface area contributed by atoms with Crippen LogP contribution in [-0.4, -0.2) is 75.0 Å². The molecule has 2 fully saturated rings. The molecule has 0 unspecified atom stereocenters. The molecule has 0 atom stereocenters. The van der Waals surface area contributed by atoms with Crippen LogP contribution in [0, 0.1) is 19.0 Å². The first-order valence-electron chi connectivity index (χ1n) is 12.9. The van der Waals surface area contributed by atoms with Gasteiger partial charge < -0.3 is 35.6 Å². The summed E-state index contributed by atoms with van der Waals surface area (Å²) in [5.74, 6) is 2.10. The fourth-order valence-corrected chi connectivity index (χ4v) is 6.88. The highest BCUT2D eigenvalue weighted by Crippen LogP contribution is 2.41. The number of aromatic nitrogens is 6. The Hall–Kier alpha value is -1.82. The summed E-state index contributed by atoms with van der Waals surface area (Å²) in [5, 5.41) is 4.67. The van der Waals surface area contributed by atoms with Gasteiger partial charge in [-0.1, -0.05) is 14.9 Å². The van der Waals surface area contributed by atoms with Crippen LogP contribution in [0.15, 0.2) is 25.0 Å². The van der Waals surface area contributed by atoms with Crippen molar-refractivity contribution in [2.45, 2.75) is 52.6 Å². The fraction of sp³-hybridized carbons (Fsp3) is 0.536. The molecule has 0 spiro atoms. The minimum Gasteiger partial charge on any atom is -0.383 e. The van der Waals surface area contributed by atoms with Crippen LogP contribution in [-0.2, 0) is 4.79 Å². The molecule has 0 amide bonds. The summed E-state index contributed by atoms with van der Waals surface area (Å²) in [6.07, 6.45) is 12.5. The van der Waals surface area contributed by atoms with Gasteiger partial charge in [-0.2, -0.15) is 0 Å². The molecule has 2 aliphatic carbocycles. The van der Waals surface area contributed by atoms with E-state index >= 15 is 0 Å². The highest BCUT2D eigenvalue weighted by Gasteiger charge is 2.33. The standard InChI is InChI=1S/C13H18IN5.C11H11IN4O.C2H7N.2CH4.ClH/c1-18(2)5-8-3-9(4-8)19-6-10(14)11-12(15)16-7-17-13(11)19;12-8-3-16(7-1-6(2-7)4-17)11-9(8)10(13)14-5-15-11;1-3-2;;;/h6-9H,3-5H2,1-2H3,(H2,15,16,17);3-7H,1-2H2,(H2,13,14,15);3H,1-2H3;2*1H4;1H. The first kappa shape index (κ1) is 38.2. The van der Waals surface area contributed by atoms with Gasteiger partial charge in [0.2, 0.25) is 0 Å². The second kappa shape index (κ2) is 16.9. The number of halogens is 3. The Balaban J connectivity index is 0.000000362. The molecular weight excluding hydrogens is 782 g/mol. The maximum absolute atomic E-state index is 10.6. The zero-order chi connectivity index (χ0) is 28.3.